The van der Waals surface area contributed by atoms with E-state index in [1.807, 2.05) is 35.8 Å². The second-order valence-corrected chi connectivity index (χ2v) is 4.99. The molecule has 0 aliphatic heterocycles. The van der Waals surface area contributed by atoms with E-state index in [0.29, 0.717) is 0 Å². The van der Waals surface area contributed by atoms with E-state index < -0.39 is 0 Å². The summed E-state index contributed by atoms with van der Waals surface area (Å²) in [5.74, 6) is 1.69. The van der Waals surface area contributed by atoms with Crippen LogP contribution in [0.25, 0.3) is 11.4 Å². The smallest absolute Gasteiger partial charge is 0.223 e. The summed E-state index contributed by atoms with van der Waals surface area (Å²) in [6.07, 6.45) is 2.07. The zero-order valence-corrected chi connectivity index (χ0v) is 12.0. The standard InChI is InChI=1S/C13H18N4S/c1-5-17-13(16(2)3)14-12(15-17)10-8-6-7-9-11(10)18-4/h6-9H,5H2,1-4H3. The maximum Gasteiger partial charge on any atom is 0.223 e. The van der Waals surface area contributed by atoms with E-state index in [0.717, 1.165) is 23.9 Å². The highest BCUT2D eigenvalue weighted by Gasteiger charge is 2.14. The second-order valence-electron chi connectivity index (χ2n) is 4.15. The van der Waals surface area contributed by atoms with Crippen molar-refractivity contribution in [1.29, 1.82) is 0 Å². The Kier molecular flexibility index (Phi) is 3.91. The predicted molar refractivity (Wildman–Crippen MR) is 77.2 cm³/mol. The quantitative estimate of drug-likeness (QED) is 0.793. The molecule has 96 valence electrons. The molecule has 0 amide bonds. The molecule has 0 N–H and O–H groups in total. The number of benzene rings is 1. The molecule has 1 aromatic heterocycles. The molecule has 4 nitrogen and oxygen atoms in total. The molecule has 5 heteroatoms. The summed E-state index contributed by atoms with van der Waals surface area (Å²) in [7, 11) is 3.97. The lowest BCUT2D eigenvalue weighted by atomic mass is 10.2. The van der Waals surface area contributed by atoms with E-state index in [2.05, 4.69) is 35.4 Å². The van der Waals surface area contributed by atoms with Crippen LogP contribution in [0.4, 0.5) is 5.95 Å². The molecular weight excluding hydrogens is 244 g/mol. The Morgan fingerprint density at radius 2 is 2.00 bits per heavy atom. The van der Waals surface area contributed by atoms with Crippen molar-refractivity contribution in [2.45, 2.75) is 18.4 Å². The highest BCUT2D eigenvalue weighted by Crippen LogP contribution is 2.28. The minimum Gasteiger partial charge on any atom is -0.347 e. The Morgan fingerprint density at radius 1 is 1.28 bits per heavy atom. The van der Waals surface area contributed by atoms with Crippen molar-refractivity contribution in [3.8, 4) is 11.4 Å². The zero-order valence-electron chi connectivity index (χ0n) is 11.2. The lowest BCUT2D eigenvalue weighted by Gasteiger charge is -2.10. The number of nitrogens with zero attached hydrogens (tertiary/aromatic N) is 4. The lowest BCUT2D eigenvalue weighted by molar-refractivity contribution is 0.654. The van der Waals surface area contributed by atoms with Crippen molar-refractivity contribution in [3.05, 3.63) is 24.3 Å². The summed E-state index contributed by atoms with van der Waals surface area (Å²) in [5.41, 5.74) is 1.10. The Hall–Kier alpha value is -1.49. The van der Waals surface area contributed by atoms with Crippen molar-refractivity contribution in [2.75, 3.05) is 25.3 Å². The van der Waals surface area contributed by atoms with Crippen LogP contribution in [0, 0.1) is 0 Å². The molecule has 18 heavy (non-hydrogen) atoms. The molecule has 0 spiro atoms. The first-order valence-electron chi connectivity index (χ1n) is 5.93. The van der Waals surface area contributed by atoms with Gasteiger partial charge in [0.15, 0.2) is 5.82 Å². The van der Waals surface area contributed by atoms with Crippen LogP contribution < -0.4 is 4.90 Å². The molecule has 0 unspecified atom stereocenters. The Bertz CT molecular complexity index is 534. The first kappa shape index (κ1) is 13.0. The van der Waals surface area contributed by atoms with E-state index in [9.17, 15) is 0 Å². The number of hydrogen-bond donors (Lipinski definition) is 0. The Labute approximate surface area is 112 Å². The average Bonchev–Trinajstić information content (AvgIpc) is 2.82. The van der Waals surface area contributed by atoms with Crippen molar-refractivity contribution < 1.29 is 0 Å². The SMILES string of the molecule is CCn1nc(-c2ccccc2SC)nc1N(C)C. The van der Waals surface area contributed by atoms with Gasteiger partial charge in [-0.1, -0.05) is 12.1 Å². The molecule has 2 aromatic rings. The van der Waals surface area contributed by atoms with E-state index in [1.54, 1.807) is 11.8 Å². The molecule has 1 aromatic carbocycles. The van der Waals surface area contributed by atoms with Crippen LogP contribution in [0.2, 0.25) is 0 Å². The van der Waals surface area contributed by atoms with Crippen LogP contribution in [0.5, 0.6) is 0 Å². The number of rotatable bonds is 4. The van der Waals surface area contributed by atoms with Crippen molar-refractivity contribution in [2.24, 2.45) is 0 Å². The summed E-state index contributed by atoms with van der Waals surface area (Å²) in [6, 6.07) is 8.23. The van der Waals surface area contributed by atoms with Crippen LogP contribution in [-0.4, -0.2) is 35.1 Å². The molecule has 0 radical (unpaired) electrons. The van der Waals surface area contributed by atoms with Gasteiger partial charge in [-0.2, -0.15) is 4.98 Å². The number of anilines is 1. The van der Waals surface area contributed by atoms with Gasteiger partial charge in [0.2, 0.25) is 5.95 Å². The number of aryl methyl sites for hydroxylation is 1. The van der Waals surface area contributed by atoms with Gasteiger partial charge in [0.05, 0.1) is 0 Å². The Balaban J connectivity index is 2.51. The van der Waals surface area contributed by atoms with E-state index >= 15 is 0 Å². The molecule has 0 bridgehead atoms. The van der Waals surface area contributed by atoms with Gasteiger partial charge in [0, 0.05) is 31.1 Å². The average molecular weight is 262 g/mol. The fourth-order valence-corrected chi connectivity index (χ4v) is 2.41. The minimum atomic E-state index is 0.797. The van der Waals surface area contributed by atoms with Crippen LogP contribution in [0.1, 0.15) is 6.92 Å². The number of thioether (sulfide) groups is 1. The predicted octanol–water partition coefficient (Wildman–Crippen LogP) is 2.75. The summed E-state index contributed by atoms with van der Waals surface area (Å²) in [5, 5.41) is 4.58. The minimum absolute atomic E-state index is 0.797. The Morgan fingerprint density at radius 3 is 2.56 bits per heavy atom. The van der Waals surface area contributed by atoms with Gasteiger partial charge in [-0.3, -0.25) is 0 Å². The maximum atomic E-state index is 4.62. The van der Waals surface area contributed by atoms with Gasteiger partial charge >= 0.3 is 0 Å². The van der Waals surface area contributed by atoms with Gasteiger partial charge in [-0.15, -0.1) is 16.9 Å². The monoisotopic (exact) mass is 262 g/mol. The fourth-order valence-electron chi connectivity index (χ4n) is 1.82. The first-order valence-corrected chi connectivity index (χ1v) is 7.15. The number of hydrogen-bond acceptors (Lipinski definition) is 4. The van der Waals surface area contributed by atoms with Crippen molar-refractivity contribution >= 4 is 17.7 Å². The molecule has 2 rings (SSSR count). The first-order chi connectivity index (χ1) is 8.67. The van der Waals surface area contributed by atoms with Crippen LogP contribution in [-0.2, 0) is 6.54 Å². The topological polar surface area (TPSA) is 34.0 Å². The highest BCUT2D eigenvalue weighted by atomic mass is 32.2. The highest BCUT2D eigenvalue weighted by molar-refractivity contribution is 7.98. The third-order valence-electron chi connectivity index (χ3n) is 2.70. The van der Waals surface area contributed by atoms with Crippen molar-refractivity contribution in [1.82, 2.24) is 14.8 Å². The van der Waals surface area contributed by atoms with Gasteiger partial charge < -0.3 is 4.90 Å². The van der Waals surface area contributed by atoms with Gasteiger partial charge in [-0.25, -0.2) is 4.68 Å². The summed E-state index contributed by atoms with van der Waals surface area (Å²) in [6.45, 7) is 2.90. The molecule has 1 heterocycles. The van der Waals surface area contributed by atoms with Crippen LogP contribution >= 0.6 is 11.8 Å². The van der Waals surface area contributed by atoms with Crippen LogP contribution in [0.3, 0.4) is 0 Å². The molecule has 0 atom stereocenters. The van der Waals surface area contributed by atoms with Gasteiger partial charge in [0.25, 0.3) is 0 Å². The molecule has 0 saturated carbocycles. The summed E-state index contributed by atoms with van der Waals surface area (Å²) < 4.78 is 1.92. The van der Waals surface area contributed by atoms with E-state index in [1.165, 1.54) is 4.90 Å². The van der Waals surface area contributed by atoms with Crippen LogP contribution in [0.15, 0.2) is 29.2 Å². The fraction of sp³-hybridized carbons (Fsp3) is 0.385. The lowest BCUT2D eigenvalue weighted by Crippen LogP contribution is -2.15. The largest absolute Gasteiger partial charge is 0.347 e. The molecule has 0 fully saturated rings. The van der Waals surface area contributed by atoms with Crippen molar-refractivity contribution in [3.63, 3.8) is 0 Å². The normalized spacial score (nSPS) is 10.7. The second kappa shape index (κ2) is 5.44. The van der Waals surface area contributed by atoms with E-state index in [4.69, 9.17) is 0 Å². The molecular formula is C13H18N4S. The van der Waals surface area contributed by atoms with E-state index in [-0.39, 0.29) is 0 Å². The third kappa shape index (κ3) is 2.36. The van der Waals surface area contributed by atoms with Gasteiger partial charge in [0.1, 0.15) is 0 Å². The molecule has 0 saturated heterocycles. The number of aromatic nitrogens is 3. The molecule has 0 aliphatic rings. The third-order valence-corrected chi connectivity index (χ3v) is 3.50. The van der Waals surface area contributed by atoms with Gasteiger partial charge in [-0.05, 0) is 25.3 Å². The summed E-state index contributed by atoms with van der Waals surface area (Å²) >= 11 is 1.72. The summed E-state index contributed by atoms with van der Waals surface area (Å²) in [4.78, 5) is 7.82. The molecule has 0 aliphatic carbocycles. The maximum absolute atomic E-state index is 4.62. The zero-order chi connectivity index (χ0) is 13.1.